The first-order chi connectivity index (χ1) is 7.46. The second-order valence-corrected chi connectivity index (χ2v) is 5.00. The third kappa shape index (κ3) is 1.64. The van der Waals surface area contributed by atoms with Crippen LogP contribution in [0.15, 0.2) is 6.07 Å². The first-order valence-electron chi connectivity index (χ1n) is 5.42. The molecule has 4 heteroatoms. The van der Waals surface area contributed by atoms with Crippen LogP contribution >= 0.6 is 11.6 Å². The highest BCUT2D eigenvalue weighted by molar-refractivity contribution is 6.31. The molecule has 1 atom stereocenters. The van der Waals surface area contributed by atoms with Gasteiger partial charge in [-0.25, -0.2) is 0 Å². The zero-order chi connectivity index (χ0) is 11.9. The maximum absolute atomic E-state index is 9.98. The van der Waals surface area contributed by atoms with Crippen LogP contribution in [0.2, 0.25) is 5.02 Å². The van der Waals surface area contributed by atoms with Gasteiger partial charge in [-0.15, -0.1) is 0 Å². The van der Waals surface area contributed by atoms with Crippen LogP contribution in [0.4, 0.5) is 0 Å². The minimum atomic E-state index is -0.295. The Balaban J connectivity index is 2.63. The zero-order valence-corrected chi connectivity index (χ0v) is 10.2. The number of benzene rings is 1. The minimum absolute atomic E-state index is 0.0567. The summed E-state index contributed by atoms with van der Waals surface area (Å²) in [6.07, 6.45) is 1.99. The average Bonchev–Trinajstić information content (AvgIpc) is 2.63. The third-order valence-electron chi connectivity index (χ3n) is 3.40. The molecule has 0 bridgehead atoms. The van der Waals surface area contributed by atoms with E-state index in [4.69, 9.17) is 11.6 Å². The summed E-state index contributed by atoms with van der Waals surface area (Å²) in [4.78, 5) is 0. The Labute approximate surface area is 100 Å². The van der Waals surface area contributed by atoms with Gasteiger partial charge in [0, 0.05) is 22.2 Å². The van der Waals surface area contributed by atoms with Crippen molar-refractivity contribution in [2.45, 2.75) is 32.2 Å². The molecular weight excluding hydrogens is 226 g/mol. The fourth-order valence-corrected chi connectivity index (χ4v) is 2.70. The van der Waals surface area contributed by atoms with E-state index in [-0.39, 0.29) is 17.0 Å². The van der Waals surface area contributed by atoms with Crippen LogP contribution in [0.3, 0.4) is 0 Å². The van der Waals surface area contributed by atoms with Crippen molar-refractivity contribution in [3.8, 4) is 11.5 Å². The largest absolute Gasteiger partial charge is 0.504 e. The third-order valence-corrected chi connectivity index (χ3v) is 3.79. The molecule has 3 nitrogen and oxygen atoms in total. The highest BCUT2D eigenvalue weighted by atomic mass is 35.5. The number of hydrogen-bond donors (Lipinski definition) is 3. The molecule has 3 N–H and O–H groups in total. The van der Waals surface area contributed by atoms with Crippen LogP contribution < -0.4 is 5.32 Å². The summed E-state index contributed by atoms with van der Waals surface area (Å²) in [6, 6.07) is 1.38. The smallest absolute Gasteiger partial charge is 0.162 e. The van der Waals surface area contributed by atoms with E-state index >= 15 is 0 Å². The van der Waals surface area contributed by atoms with Gasteiger partial charge in [-0.05, 0) is 38.8 Å². The monoisotopic (exact) mass is 241 g/mol. The Morgan fingerprint density at radius 2 is 2.12 bits per heavy atom. The number of aromatic hydroxyl groups is 2. The van der Waals surface area contributed by atoms with Crippen molar-refractivity contribution in [1.82, 2.24) is 5.32 Å². The molecule has 0 radical (unpaired) electrons. The van der Waals surface area contributed by atoms with Gasteiger partial charge in [0.15, 0.2) is 11.5 Å². The van der Waals surface area contributed by atoms with E-state index in [0.29, 0.717) is 5.02 Å². The fourth-order valence-electron chi connectivity index (χ4n) is 2.50. The normalized spacial score (nSPS) is 24.9. The lowest BCUT2D eigenvalue weighted by atomic mass is 9.86. The molecule has 2 rings (SSSR count). The number of phenols is 2. The highest BCUT2D eigenvalue weighted by Gasteiger charge is 2.35. The maximum Gasteiger partial charge on any atom is 0.162 e. The van der Waals surface area contributed by atoms with Crippen molar-refractivity contribution in [1.29, 1.82) is 0 Å². The van der Waals surface area contributed by atoms with Gasteiger partial charge in [0.25, 0.3) is 0 Å². The van der Waals surface area contributed by atoms with Gasteiger partial charge in [0.2, 0.25) is 0 Å². The molecule has 1 aromatic rings. The van der Waals surface area contributed by atoms with Crippen LogP contribution in [0, 0.1) is 6.92 Å². The number of hydrogen-bond acceptors (Lipinski definition) is 3. The molecule has 1 heterocycles. The summed E-state index contributed by atoms with van der Waals surface area (Å²) >= 11 is 6.03. The van der Waals surface area contributed by atoms with Crippen LogP contribution in [-0.4, -0.2) is 16.8 Å². The standard InChI is InChI=1S/C12H16ClNO2/c1-7-8(13)6-9(15)11(16)10(7)12(2)4-3-5-14-12/h6,14-16H,3-5H2,1-2H3. The van der Waals surface area contributed by atoms with Gasteiger partial charge in [-0.1, -0.05) is 11.6 Å². The number of rotatable bonds is 1. The number of nitrogens with one attached hydrogen (secondary N) is 1. The number of phenolic OH excluding ortho intramolecular Hbond substituents is 2. The molecule has 0 aromatic heterocycles. The Kier molecular flexibility index (Phi) is 2.76. The highest BCUT2D eigenvalue weighted by Crippen LogP contribution is 2.44. The Morgan fingerprint density at radius 1 is 1.44 bits per heavy atom. The average molecular weight is 242 g/mol. The van der Waals surface area contributed by atoms with Gasteiger partial charge in [-0.2, -0.15) is 0 Å². The predicted molar refractivity (Wildman–Crippen MR) is 64.1 cm³/mol. The molecule has 0 saturated carbocycles. The van der Waals surface area contributed by atoms with E-state index in [1.165, 1.54) is 6.07 Å². The molecule has 1 aliphatic rings. The summed E-state index contributed by atoms with van der Waals surface area (Å²) in [5.74, 6) is -0.209. The van der Waals surface area contributed by atoms with Crippen molar-refractivity contribution in [3.63, 3.8) is 0 Å². The molecule has 16 heavy (non-hydrogen) atoms. The van der Waals surface area contributed by atoms with Crippen LogP contribution in [0.25, 0.3) is 0 Å². The zero-order valence-electron chi connectivity index (χ0n) is 9.47. The van der Waals surface area contributed by atoms with E-state index < -0.39 is 0 Å². The second-order valence-electron chi connectivity index (χ2n) is 4.59. The molecule has 1 unspecified atom stereocenters. The number of halogens is 1. The topological polar surface area (TPSA) is 52.5 Å². The van der Waals surface area contributed by atoms with Gasteiger partial charge < -0.3 is 15.5 Å². The van der Waals surface area contributed by atoms with Crippen LogP contribution in [0.1, 0.15) is 30.9 Å². The van der Waals surface area contributed by atoms with Crippen LogP contribution in [0.5, 0.6) is 11.5 Å². The van der Waals surface area contributed by atoms with Gasteiger partial charge in [0.1, 0.15) is 0 Å². The SMILES string of the molecule is Cc1c(Cl)cc(O)c(O)c1C1(C)CCCN1. The summed E-state index contributed by atoms with van der Waals surface area (Å²) in [6.45, 7) is 4.81. The van der Waals surface area contributed by atoms with Crippen LogP contribution in [-0.2, 0) is 5.54 Å². The lowest BCUT2D eigenvalue weighted by Crippen LogP contribution is -2.34. The molecular formula is C12H16ClNO2. The lowest BCUT2D eigenvalue weighted by molar-refractivity contribution is 0.364. The first-order valence-corrected chi connectivity index (χ1v) is 5.80. The Hall–Kier alpha value is -0.930. The molecule has 1 aliphatic heterocycles. The van der Waals surface area contributed by atoms with Crippen molar-refractivity contribution in [2.75, 3.05) is 6.54 Å². The van der Waals surface area contributed by atoms with E-state index in [1.807, 2.05) is 13.8 Å². The summed E-state index contributed by atoms with van der Waals surface area (Å²) in [7, 11) is 0. The molecule has 88 valence electrons. The molecule has 1 saturated heterocycles. The maximum atomic E-state index is 9.98. The summed E-state index contributed by atoms with van der Waals surface area (Å²) < 4.78 is 0. The summed E-state index contributed by atoms with van der Waals surface area (Å²) in [5, 5.41) is 23.4. The van der Waals surface area contributed by atoms with Gasteiger partial charge in [-0.3, -0.25) is 0 Å². The fraction of sp³-hybridized carbons (Fsp3) is 0.500. The molecule has 1 aromatic carbocycles. The van der Waals surface area contributed by atoms with Gasteiger partial charge >= 0.3 is 0 Å². The van der Waals surface area contributed by atoms with Crippen molar-refractivity contribution < 1.29 is 10.2 Å². The lowest BCUT2D eigenvalue weighted by Gasteiger charge is -2.28. The van der Waals surface area contributed by atoms with Crippen molar-refractivity contribution in [3.05, 3.63) is 22.2 Å². The molecule has 0 spiro atoms. The van der Waals surface area contributed by atoms with Gasteiger partial charge in [0.05, 0.1) is 0 Å². The minimum Gasteiger partial charge on any atom is -0.504 e. The van der Waals surface area contributed by atoms with Crippen molar-refractivity contribution in [2.24, 2.45) is 0 Å². The first kappa shape index (κ1) is 11.6. The Morgan fingerprint density at radius 3 is 2.69 bits per heavy atom. The van der Waals surface area contributed by atoms with Crippen molar-refractivity contribution >= 4 is 11.6 Å². The quantitative estimate of drug-likeness (QED) is 0.663. The molecule has 0 aliphatic carbocycles. The predicted octanol–water partition coefficient (Wildman–Crippen LogP) is 2.66. The molecule has 0 amide bonds. The molecule has 1 fully saturated rings. The van der Waals surface area contributed by atoms with E-state index in [2.05, 4.69) is 5.32 Å². The van der Waals surface area contributed by atoms with E-state index in [0.717, 1.165) is 30.5 Å². The van der Waals surface area contributed by atoms with E-state index in [9.17, 15) is 10.2 Å². The Bertz CT molecular complexity index is 399. The summed E-state index contributed by atoms with van der Waals surface area (Å²) in [5.41, 5.74) is 1.25. The second kappa shape index (κ2) is 3.82. The van der Waals surface area contributed by atoms with E-state index in [1.54, 1.807) is 0 Å².